The molecule has 1 aliphatic rings. The first-order valence-electron chi connectivity index (χ1n) is 17.0. The lowest BCUT2D eigenvalue weighted by Crippen LogP contribution is -2.49. The fourth-order valence-electron chi connectivity index (χ4n) is 5.24. The second kappa shape index (κ2) is 20.9. The van der Waals surface area contributed by atoms with E-state index in [0.29, 0.717) is 61.5 Å². The van der Waals surface area contributed by atoms with Crippen molar-refractivity contribution in [1.82, 2.24) is 15.5 Å². The van der Waals surface area contributed by atoms with Gasteiger partial charge in [-0.1, -0.05) is 29.8 Å². The molecule has 0 saturated carbocycles. The van der Waals surface area contributed by atoms with Crippen molar-refractivity contribution in [2.75, 3.05) is 39.5 Å². The minimum atomic E-state index is -2.01. The highest BCUT2D eigenvalue weighted by Gasteiger charge is 2.49. The number of rotatable bonds is 21. The van der Waals surface area contributed by atoms with E-state index in [1.807, 2.05) is 30.3 Å². The van der Waals surface area contributed by atoms with Gasteiger partial charge in [0, 0.05) is 48.6 Å². The number of benzene rings is 1. The predicted molar refractivity (Wildman–Crippen MR) is 187 cm³/mol. The number of hydrogen-bond donors (Lipinski definition) is 3. The van der Waals surface area contributed by atoms with Gasteiger partial charge in [-0.05, 0) is 51.3 Å². The highest BCUT2D eigenvalue weighted by Crippen LogP contribution is 2.32. The average Bonchev–Trinajstić information content (AvgIpc) is 3.74. The van der Waals surface area contributed by atoms with E-state index in [1.165, 1.54) is 18.3 Å². The zero-order chi connectivity index (χ0) is 37.2. The molecule has 4 N–H and O–H groups in total. The van der Waals surface area contributed by atoms with Crippen molar-refractivity contribution in [3.05, 3.63) is 52.2 Å². The van der Waals surface area contributed by atoms with Crippen LogP contribution in [-0.4, -0.2) is 91.6 Å². The van der Waals surface area contributed by atoms with Crippen LogP contribution in [0.4, 0.5) is 4.39 Å². The second-order valence-electron chi connectivity index (χ2n) is 12.1. The third-order valence-corrected chi connectivity index (χ3v) is 8.93. The highest BCUT2D eigenvalue weighted by atomic mass is 32.1. The summed E-state index contributed by atoms with van der Waals surface area (Å²) >= 11 is 1.28. The second-order valence-corrected chi connectivity index (χ2v) is 13.1. The first-order valence-corrected chi connectivity index (χ1v) is 17.8. The fourth-order valence-corrected chi connectivity index (χ4v) is 6.15. The van der Waals surface area contributed by atoms with Gasteiger partial charge in [0.15, 0.2) is 11.5 Å². The van der Waals surface area contributed by atoms with Crippen LogP contribution in [0.2, 0.25) is 0 Å². The van der Waals surface area contributed by atoms with Crippen molar-refractivity contribution >= 4 is 46.8 Å². The van der Waals surface area contributed by atoms with Gasteiger partial charge in [0.2, 0.25) is 17.7 Å². The number of para-hydroxylation sites is 1. The maximum atomic E-state index is 16.2. The number of carbonyl (C=O) groups is 5. The molecular formula is C35H48FN5O9S. The number of esters is 1. The predicted octanol–water partition coefficient (Wildman–Crippen LogP) is 3.53. The van der Waals surface area contributed by atoms with E-state index in [-0.39, 0.29) is 43.8 Å². The molecule has 1 aromatic carbocycles. The Kier molecular flexibility index (Phi) is 16.8. The lowest BCUT2D eigenvalue weighted by molar-refractivity contribution is -0.143. The number of hydrogen-bond acceptors (Lipinski definition) is 11. The molecule has 0 radical (unpaired) electrons. The van der Waals surface area contributed by atoms with Gasteiger partial charge in [-0.25, -0.2) is 9.18 Å². The Morgan fingerprint density at radius 3 is 2.59 bits per heavy atom. The average molecular weight is 734 g/mol. The Hall–Kier alpha value is -4.57. The fraction of sp³-hybridized carbons (Fsp3) is 0.543. The summed E-state index contributed by atoms with van der Waals surface area (Å²) in [7, 11) is 0. The normalized spacial score (nSPS) is 17.8. The quantitative estimate of drug-likeness (QED) is 0.0428. The Morgan fingerprint density at radius 1 is 1.10 bits per heavy atom. The van der Waals surface area contributed by atoms with Gasteiger partial charge in [0.05, 0.1) is 39.0 Å². The molecule has 0 bridgehead atoms. The van der Waals surface area contributed by atoms with Crippen molar-refractivity contribution in [3.8, 4) is 5.75 Å². The van der Waals surface area contributed by atoms with E-state index in [0.717, 1.165) is 4.90 Å². The van der Waals surface area contributed by atoms with Crippen LogP contribution in [0.15, 0.2) is 46.9 Å². The number of unbranched alkanes of at least 4 members (excludes halogenated alkanes) is 2. The minimum absolute atomic E-state index is 0.0224. The van der Waals surface area contributed by atoms with Crippen LogP contribution in [0.1, 0.15) is 82.2 Å². The molecular weight excluding hydrogens is 685 g/mol. The number of amidine groups is 1. The summed E-state index contributed by atoms with van der Waals surface area (Å²) in [6, 6.07) is 9.14. The van der Waals surface area contributed by atoms with Crippen molar-refractivity contribution in [2.24, 2.45) is 10.9 Å². The summed E-state index contributed by atoms with van der Waals surface area (Å²) in [5, 5.41) is 10.7. The summed E-state index contributed by atoms with van der Waals surface area (Å²) in [5.74, 6) is -1.79. The number of nitrogens with two attached hydrogens (primary N) is 1. The number of nitrogens with zero attached hydrogens (tertiary/aromatic N) is 2. The first kappa shape index (κ1) is 40.9. The molecule has 2 heterocycles. The van der Waals surface area contributed by atoms with Gasteiger partial charge in [0.25, 0.3) is 0 Å². The van der Waals surface area contributed by atoms with Gasteiger partial charge in [-0.15, -0.1) is 11.3 Å². The molecule has 1 aliphatic heterocycles. The van der Waals surface area contributed by atoms with Crippen molar-refractivity contribution in [2.45, 2.75) is 83.5 Å². The van der Waals surface area contributed by atoms with Crippen molar-refractivity contribution < 1.29 is 47.4 Å². The van der Waals surface area contributed by atoms with Gasteiger partial charge in [0.1, 0.15) is 11.8 Å². The van der Waals surface area contributed by atoms with Gasteiger partial charge < -0.3 is 40.3 Å². The van der Waals surface area contributed by atoms with E-state index >= 15 is 4.39 Å². The van der Waals surface area contributed by atoms with Crippen molar-refractivity contribution in [1.29, 1.82) is 0 Å². The maximum Gasteiger partial charge on any atom is 0.332 e. The summed E-state index contributed by atoms with van der Waals surface area (Å²) in [4.78, 5) is 68.4. The largest absolute Gasteiger partial charge is 0.494 e. The molecule has 3 atom stereocenters. The zero-order valence-corrected chi connectivity index (χ0v) is 30.1. The Labute approximate surface area is 301 Å². The number of alkyl halides is 1. The zero-order valence-electron chi connectivity index (χ0n) is 29.3. The topological polar surface area (TPSA) is 188 Å². The number of oxime groups is 1. The van der Waals surface area contributed by atoms with E-state index in [9.17, 15) is 24.0 Å². The molecule has 3 amide bonds. The molecule has 1 fully saturated rings. The Morgan fingerprint density at radius 2 is 1.86 bits per heavy atom. The van der Waals surface area contributed by atoms with E-state index in [2.05, 4.69) is 20.6 Å². The summed E-state index contributed by atoms with van der Waals surface area (Å²) in [6.07, 6.45) is 2.43. The summed E-state index contributed by atoms with van der Waals surface area (Å²) < 4.78 is 32.3. The first-order chi connectivity index (χ1) is 24.4. The van der Waals surface area contributed by atoms with E-state index in [1.54, 1.807) is 25.3 Å². The number of likely N-dealkylation sites (tertiary alicyclic amines) is 1. The number of halogens is 1. The number of amides is 3. The third-order valence-electron chi connectivity index (χ3n) is 7.82. The SMILES string of the molecule is CCOC(=O)CCCCCOC[C@@]1(F)C[C@@H](C(=O)N[C@H](C)c2cc(/C(N)=N/OC(C)=O)cs2)N(C(=O)CNC(=O)CCCOc2ccccc2)C1. The summed E-state index contributed by atoms with van der Waals surface area (Å²) in [5.41, 5.74) is 4.36. The van der Waals surface area contributed by atoms with E-state index in [4.69, 9.17) is 19.9 Å². The van der Waals surface area contributed by atoms with Gasteiger partial charge in [-0.2, -0.15) is 0 Å². The van der Waals surface area contributed by atoms with Crippen LogP contribution in [0.25, 0.3) is 0 Å². The number of ether oxygens (including phenoxy) is 3. The molecule has 14 nitrogen and oxygen atoms in total. The maximum absolute atomic E-state index is 16.2. The van der Waals surface area contributed by atoms with Crippen molar-refractivity contribution in [3.63, 3.8) is 0 Å². The molecule has 1 aromatic heterocycles. The minimum Gasteiger partial charge on any atom is -0.494 e. The Bertz CT molecular complexity index is 1490. The highest BCUT2D eigenvalue weighted by molar-refractivity contribution is 7.10. The van der Waals surface area contributed by atoms with Crippen LogP contribution < -0.4 is 21.1 Å². The molecule has 0 unspecified atom stereocenters. The summed E-state index contributed by atoms with van der Waals surface area (Å²) in [6.45, 7) is 4.40. The molecule has 280 valence electrons. The number of nitrogens with one attached hydrogen (secondary N) is 2. The number of carbonyl (C=O) groups excluding carboxylic acids is 5. The molecule has 0 aliphatic carbocycles. The van der Waals surface area contributed by atoms with Crippen LogP contribution >= 0.6 is 11.3 Å². The molecule has 1 saturated heterocycles. The van der Waals surface area contributed by atoms with Crippen LogP contribution in [0, 0.1) is 0 Å². The Balaban J connectivity index is 1.57. The molecule has 2 aromatic rings. The van der Waals surface area contributed by atoms with Crippen LogP contribution in [-0.2, 0) is 38.3 Å². The molecule has 0 spiro atoms. The number of thiophene rings is 1. The lowest BCUT2D eigenvalue weighted by Gasteiger charge is -2.25. The van der Waals surface area contributed by atoms with Crippen LogP contribution in [0.3, 0.4) is 0 Å². The van der Waals surface area contributed by atoms with Gasteiger partial charge >= 0.3 is 11.9 Å². The molecule has 51 heavy (non-hydrogen) atoms. The lowest BCUT2D eigenvalue weighted by atomic mass is 10.0. The smallest absolute Gasteiger partial charge is 0.332 e. The van der Waals surface area contributed by atoms with E-state index < -0.39 is 48.6 Å². The van der Waals surface area contributed by atoms with Crippen LogP contribution in [0.5, 0.6) is 5.75 Å². The molecule has 16 heteroatoms. The third kappa shape index (κ3) is 14.3. The van der Waals surface area contributed by atoms with Gasteiger partial charge in [-0.3, -0.25) is 19.2 Å². The molecule has 3 rings (SSSR count). The standard InChI is InChI=1S/C35H48FN5O9S/c1-4-48-32(45)15-9-6-10-16-47-23-35(36)19-28(34(46)39-24(2)29-18-26(21-51-29)33(37)40-50-25(3)42)41(22-35)31(44)20-38-30(43)14-11-17-49-27-12-7-5-8-13-27/h5,7-8,12-13,18,21,24,28H,4,6,9-11,14-17,19-20,22-23H2,1-3H3,(H2,37,40)(H,38,43)(H,39,46)/t24-,28+,35-/m1/s1. The monoisotopic (exact) mass is 733 g/mol.